The molecule has 1 radical (unpaired) electrons. The second kappa shape index (κ2) is 2.37. The monoisotopic (exact) mass is 159 g/mol. The summed E-state index contributed by atoms with van der Waals surface area (Å²) >= 11 is 0. The third-order valence-electron chi connectivity index (χ3n) is 1.72. The number of H-pyrrole nitrogens is 1. The Morgan fingerprint density at radius 1 is 1.67 bits per heavy atom. The Kier molecular flexibility index (Phi) is 1.37. The molecule has 2 rings (SSSR count). The van der Waals surface area contributed by atoms with Crippen molar-refractivity contribution in [1.82, 2.24) is 9.55 Å². The van der Waals surface area contributed by atoms with E-state index >= 15 is 0 Å². The van der Waals surface area contributed by atoms with Gasteiger partial charge >= 0.3 is 5.69 Å². The van der Waals surface area contributed by atoms with Crippen molar-refractivity contribution < 1.29 is 0 Å². The first-order valence-electron chi connectivity index (χ1n) is 3.56. The van der Waals surface area contributed by atoms with Crippen LogP contribution in [0.2, 0.25) is 0 Å². The number of nitrogens with one attached hydrogen (secondary N) is 1. The van der Waals surface area contributed by atoms with Gasteiger partial charge in [0.1, 0.15) is 0 Å². The fourth-order valence-electron chi connectivity index (χ4n) is 1.18. The minimum Gasteiger partial charge on any atom is -0.305 e. The fourth-order valence-corrected chi connectivity index (χ4v) is 1.18. The molecule has 0 saturated carbocycles. The highest BCUT2D eigenvalue weighted by molar-refractivity contribution is 5.76. The van der Waals surface area contributed by atoms with Gasteiger partial charge in [-0.15, -0.1) is 0 Å². The van der Waals surface area contributed by atoms with E-state index in [0.29, 0.717) is 0 Å². The van der Waals surface area contributed by atoms with Crippen LogP contribution in [0.15, 0.2) is 29.6 Å². The molecule has 3 heteroatoms. The van der Waals surface area contributed by atoms with E-state index in [2.05, 4.69) is 17.6 Å². The number of aromatic nitrogens is 2. The second-order valence-electron chi connectivity index (χ2n) is 2.42. The first-order valence-corrected chi connectivity index (χ1v) is 3.56. The van der Waals surface area contributed by atoms with Crippen LogP contribution < -0.4 is 5.69 Å². The largest absolute Gasteiger partial charge is 0.330 e. The first-order chi connectivity index (χ1) is 5.83. The first kappa shape index (κ1) is 6.91. The van der Waals surface area contributed by atoms with E-state index in [0.717, 1.165) is 11.0 Å². The van der Waals surface area contributed by atoms with Crippen molar-refractivity contribution >= 4 is 17.2 Å². The molecule has 0 saturated heterocycles. The van der Waals surface area contributed by atoms with Crippen molar-refractivity contribution in [3.05, 3.63) is 41.3 Å². The van der Waals surface area contributed by atoms with Crippen LogP contribution >= 0.6 is 0 Å². The molecule has 0 bridgehead atoms. The minimum atomic E-state index is -0.178. The number of fused-ring (bicyclic) bond motifs is 1. The normalized spacial score (nSPS) is 10.3. The number of benzene rings is 1. The van der Waals surface area contributed by atoms with Gasteiger partial charge in [-0.25, -0.2) is 4.79 Å². The van der Waals surface area contributed by atoms with Crippen LogP contribution in [-0.2, 0) is 0 Å². The summed E-state index contributed by atoms with van der Waals surface area (Å²) in [5, 5.41) is 0. The molecule has 1 aromatic heterocycles. The Morgan fingerprint density at radius 2 is 2.50 bits per heavy atom. The number of hydrogen-bond donors (Lipinski definition) is 1. The zero-order valence-corrected chi connectivity index (χ0v) is 6.37. The Balaban J connectivity index is 3.00. The summed E-state index contributed by atoms with van der Waals surface area (Å²) in [6, 6.07) is 8.36. The fraction of sp³-hybridized carbons (Fsp3) is 0. The van der Waals surface area contributed by atoms with Crippen molar-refractivity contribution in [2.24, 2.45) is 0 Å². The van der Waals surface area contributed by atoms with Gasteiger partial charge in [0.25, 0.3) is 0 Å². The lowest BCUT2D eigenvalue weighted by atomic mass is 10.3. The van der Waals surface area contributed by atoms with Gasteiger partial charge in [-0.3, -0.25) is 4.57 Å². The zero-order valence-electron chi connectivity index (χ0n) is 6.37. The molecule has 0 atom stereocenters. The maximum atomic E-state index is 11.2. The average molecular weight is 159 g/mol. The van der Waals surface area contributed by atoms with Crippen LogP contribution in [0.3, 0.4) is 0 Å². The van der Waals surface area contributed by atoms with Gasteiger partial charge in [0.2, 0.25) is 0 Å². The van der Waals surface area contributed by atoms with E-state index in [1.54, 1.807) is 6.07 Å². The van der Waals surface area contributed by atoms with Crippen molar-refractivity contribution in [3.63, 3.8) is 0 Å². The summed E-state index contributed by atoms with van der Waals surface area (Å²) in [4.78, 5) is 13.9. The van der Waals surface area contributed by atoms with E-state index in [-0.39, 0.29) is 5.69 Å². The SMILES string of the molecule is C=Cn1c(=O)[nH]c2ccc[c]c21. The maximum Gasteiger partial charge on any atom is 0.330 e. The van der Waals surface area contributed by atoms with Gasteiger partial charge < -0.3 is 4.98 Å². The van der Waals surface area contributed by atoms with Crippen LogP contribution in [0.4, 0.5) is 0 Å². The summed E-state index contributed by atoms with van der Waals surface area (Å²) in [5.74, 6) is 0. The molecule has 0 amide bonds. The molecular weight excluding hydrogens is 152 g/mol. The zero-order chi connectivity index (χ0) is 8.55. The Hall–Kier alpha value is -1.77. The number of rotatable bonds is 1. The summed E-state index contributed by atoms with van der Waals surface area (Å²) in [5.41, 5.74) is 1.34. The second-order valence-corrected chi connectivity index (χ2v) is 2.42. The Morgan fingerprint density at radius 3 is 3.25 bits per heavy atom. The highest BCUT2D eigenvalue weighted by atomic mass is 16.1. The van der Waals surface area contributed by atoms with E-state index in [9.17, 15) is 4.79 Å². The summed E-state index contributed by atoms with van der Waals surface area (Å²) < 4.78 is 1.43. The number of hydrogen-bond acceptors (Lipinski definition) is 1. The lowest BCUT2D eigenvalue weighted by molar-refractivity contribution is 1.08. The molecule has 1 heterocycles. The number of imidazole rings is 1. The molecular formula is C9H7N2O. The molecule has 59 valence electrons. The molecule has 0 aliphatic carbocycles. The van der Waals surface area contributed by atoms with Crippen molar-refractivity contribution in [3.8, 4) is 0 Å². The maximum absolute atomic E-state index is 11.2. The summed E-state index contributed by atoms with van der Waals surface area (Å²) in [6.07, 6.45) is 1.47. The number of nitrogens with zero attached hydrogens (tertiary/aromatic N) is 1. The summed E-state index contributed by atoms with van der Waals surface area (Å²) in [7, 11) is 0. The van der Waals surface area contributed by atoms with Crippen LogP contribution in [0.1, 0.15) is 0 Å². The third-order valence-corrected chi connectivity index (χ3v) is 1.72. The highest BCUT2D eigenvalue weighted by Gasteiger charge is 2.00. The van der Waals surface area contributed by atoms with Gasteiger partial charge in [-0.1, -0.05) is 18.7 Å². The molecule has 0 aliphatic rings. The van der Waals surface area contributed by atoms with Crippen LogP contribution in [0, 0.1) is 6.07 Å². The molecule has 3 nitrogen and oxygen atoms in total. The van der Waals surface area contributed by atoms with Gasteiger partial charge in [0, 0.05) is 12.3 Å². The van der Waals surface area contributed by atoms with Crippen molar-refractivity contribution in [2.45, 2.75) is 0 Å². The van der Waals surface area contributed by atoms with Gasteiger partial charge in [0.15, 0.2) is 0 Å². The van der Waals surface area contributed by atoms with E-state index in [1.807, 2.05) is 12.1 Å². The van der Waals surface area contributed by atoms with Gasteiger partial charge in [-0.2, -0.15) is 0 Å². The molecule has 0 fully saturated rings. The number of para-hydroxylation sites is 1. The van der Waals surface area contributed by atoms with Crippen LogP contribution in [-0.4, -0.2) is 9.55 Å². The highest BCUT2D eigenvalue weighted by Crippen LogP contribution is 2.07. The molecule has 0 spiro atoms. The molecule has 1 N–H and O–H groups in total. The quantitative estimate of drug-likeness (QED) is 0.667. The van der Waals surface area contributed by atoms with Crippen molar-refractivity contribution in [2.75, 3.05) is 0 Å². The van der Waals surface area contributed by atoms with E-state index < -0.39 is 0 Å². The predicted molar refractivity (Wildman–Crippen MR) is 47.8 cm³/mol. The van der Waals surface area contributed by atoms with Crippen LogP contribution in [0.5, 0.6) is 0 Å². The molecule has 0 unspecified atom stereocenters. The van der Waals surface area contributed by atoms with Gasteiger partial charge in [-0.05, 0) is 6.07 Å². The standard InChI is InChI=1S/C9H7N2O/c1-2-11-8-6-4-3-5-7(8)10-9(11)12/h2-5H,1H2,(H,10,12). The topological polar surface area (TPSA) is 37.8 Å². The smallest absolute Gasteiger partial charge is 0.305 e. The van der Waals surface area contributed by atoms with E-state index in [4.69, 9.17) is 0 Å². The molecule has 2 aromatic rings. The van der Waals surface area contributed by atoms with Crippen LogP contribution in [0.25, 0.3) is 17.2 Å². The van der Waals surface area contributed by atoms with Gasteiger partial charge in [0.05, 0.1) is 11.0 Å². The third kappa shape index (κ3) is 0.797. The Bertz CT molecular complexity index is 478. The number of aromatic amines is 1. The predicted octanol–water partition coefficient (Wildman–Crippen LogP) is 1.23. The van der Waals surface area contributed by atoms with Crippen molar-refractivity contribution in [1.29, 1.82) is 0 Å². The molecule has 1 aromatic carbocycles. The molecule has 12 heavy (non-hydrogen) atoms. The Labute approximate surface area is 69.0 Å². The average Bonchev–Trinajstić information content (AvgIpc) is 2.40. The summed E-state index contributed by atoms with van der Waals surface area (Å²) in [6.45, 7) is 3.54. The lowest BCUT2D eigenvalue weighted by Crippen LogP contribution is -2.10. The minimum absolute atomic E-state index is 0.178. The molecule has 0 aliphatic heterocycles. The van der Waals surface area contributed by atoms with E-state index in [1.165, 1.54) is 10.8 Å². The lowest BCUT2D eigenvalue weighted by Gasteiger charge is -1.90.